The zero-order valence-electron chi connectivity index (χ0n) is 11.2. The van der Waals surface area contributed by atoms with Crippen LogP contribution in [0.15, 0.2) is 18.2 Å². The molecule has 1 aliphatic heterocycles. The van der Waals surface area contributed by atoms with E-state index in [1.165, 1.54) is 6.07 Å². The molecule has 1 saturated heterocycles. The summed E-state index contributed by atoms with van der Waals surface area (Å²) in [5.41, 5.74) is 0.326. The summed E-state index contributed by atoms with van der Waals surface area (Å²) >= 11 is 0. The molecule has 0 bridgehead atoms. The fourth-order valence-corrected chi connectivity index (χ4v) is 2.91. The van der Waals surface area contributed by atoms with Crippen LogP contribution in [0.1, 0.15) is 30.7 Å². The van der Waals surface area contributed by atoms with Crippen LogP contribution in [-0.4, -0.2) is 25.0 Å². The largest absolute Gasteiger partial charge is 0.352 e. The van der Waals surface area contributed by atoms with Gasteiger partial charge in [-0.25, -0.2) is 8.78 Å². The van der Waals surface area contributed by atoms with Crippen molar-refractivity contribution in [3.8, 4) is 0 Å². The average Bonchev–Trinajstić information content (AvgIpc) is 3.23. The summed E-state index contributed by atoms with van der Waals surface area (Å²) in [6.45, 7) is 1.78. The third-order valence-electron chi connectivity index (χ3n) is 4.13. The van der Waals surface area contributed by atoms with Gasteiger partial charge in [-0.15, -0.1) is 0 Å². The van der Waals surface area contributed by atoms with Crippen molar-refractivity contribution < 1.29 is 13.6 Å². The molecule has 0 aromatic heterocycles. The van der Waals surface area contributed by atoms with E-state index in [0.29, 0.717) is 12.0 Å². The monoisotopic (exact) mass is 280 g/mol. The molecule has 5 heteroatoms. The molecule has 2 fully saturated rings. The average molecular weight is 280 g/mol. The zero-order valence-corrected chi connectivity index (χ0v) is 11.2. The van der Waals surface area contributed by atoms with E-state index in [1.807, 2.05) is 0 Å². The fourth-order valence-electron chi connectivity index (χ4n) is 2.91. The molecule has 1 heterocycles. The topological polar surface area (TPSA) is 41.1 Å². The number of benzene rings is 1. The third-order valence-corrected chi connectivity index (χ3v) is 4.13. The number of piperidine rings is 1. The lowest BCUT2D eigenvalue weighted by Gasteiger charge is -2.23. The molecule has 3 rings (SSSR count). The normalized spacial score (nSPS) is 29.0. The molecule has 0 spiro atoms. The summed E-state index contributed by atoms with van der Waals surface area (Å²) in [5, 5.41) is 6.23. The lowest BCUT2D eigenvalue weighted by molar-refractivity contribution is -0.123. The summed E-state index contributed by atoms with van der Waals surface area (Å²) in [5.74, 6) is -1.31. The van der Waals surface area contributed by atoms with Crippen LogP contribution >= 0.6 is 0 Å². The zero-order chi connectivity index (χ0) is 14.1. The van der Waals surface area contributed by atoms with Gasteiger partial charge in [0.05, 0.1) is 0 Å². The first-order valence-corrected chi connectivity index (χ1v) is 7.11. The Balaban J connectivity index is 1.60. The second kappa shape index (κ2) is 5.48. The van der Waals surface area contributed by atoms with E-state index >= 15 is 0 Å². The number of carbonyl (C=O) groups is 1. The molecule has 2 N–H and O–H groups in total. The van der Waals surface area contributed by atoms with E-state index in [2.05, 4.69) is 10.6 Å². The van der Waals surface area contributed by atoms with Gasteiger partial charge in [-0.05, 0) is 55.5 Å². The maximum absolute atomic E-state index is 13.6. The Morgan fingerprint density at radius 2 is 2.20 bits per heavy atom. The van der Waals surface area contributed by atoms with E-state index < -0.39 is 11.6 Å². The van der Waals surface area contributed by atoms with Crippen molar-refractivity contribution in [3.63, 3.8) is 0 Å². The summed E-state index contributed by atoms with van der Waals surface area (Å²) in [6, 6.07) is 3.59. The molecule has 3 unspecified atom stereocenters. The van der Waals surface area contributed by atoms with E-state index in [9.17, 15) is 13.6 Å². The third kappa shape index (κ3) is 2.82. The number of hydrogen-bond acceptors (Lipinski definition) is 2. The standard InChI is InChI=1S/C15H18F2N2O/c16-9-3-4-14(17)12(6-9)11-7-13(11)15(20)19-10-2-1-5-18-8-10/h3-4,6,10-11,13,18H,1-2,5,7-8H2,(H,19,20). The van der Waals surface area contributed by atoms with Crippen molar-refractivity contribution in [2.24, 2.45) is 5.92 Å². The Labute approximate surface area is 116 Å². The van der Waals surface area contributed by atoms with Crippen molar-refractivity contribution in [1.29, 1.82) is 0 Å². The quantitative estimate of drug-likeness (QED) is 0.888. The molecule has 1 amide bonds. The molecule has 3 atom stereocenters. The predicted molar refractivity (Wildman–Crippen MR) is 71.2 cm³/mol. The van der Waals surface area contributed by atoms with Crippen LogP contribution in [0.4, 0.5) is 8.78 Å². The van der Waals surface area contributed by atoms with E-state index in [4.69, 9.17) is 0 Å². The highest BCUT2D eigenvalue weighted by Crippen LogP contribution is 2.48. The molecule has 1 saturated carbocycles. The van der Waals surface area contributed by atoms with Crippen molar-refractivity contribution in [2.45, 2.75) is 31.2 Å². The molecule has 0 radical (unpaired) electrons. The van der Waals surface area contributed by atoms with E-state index in [-0.39, 0.29) is 23.8 Å². The number of halogens is 2. The number of nitrogens with one attached hydrogen (secondary N) is 2. The van der Waals surface area contributed by atoms with Gasteiger partial charge in [-0.1, -0.05) is 0 Å². The Kier molecular flexibility index (Phi) is 3.70. The minimum atomic E-state index is -0.455. The first-order valence-electron chi connectivity index (χ1n) is 7.11. The molecule has 1 aromatic carbocycles. The van der Waals surface area contributed by atoms with Gasteiger partial charge in [0.15, 0.2) is 0 Å². The lowest BCUT2D eigenvalue weighted by atomic mass is 10.1. The Bertz CT molecular complexity index is 515. The second-order valence-electron chi connectivity index (χ2n) is 5.67. The Morgan fingerprint density at radius 1 is 1.35 bits per heavy atom. The summed E-state index contributed by atoms with van der Waals surface area (Å²) < 4.78 is 26.8. The Morgan fingerprint density at radius 3 is 2.95 bits per heavy atom. The predicted octanol–water partition coefficient (Wildman–Crippen LogP) is 1.94. The maximum Gasteiger partial charge on any atom is 0.224 e. The summed E-state index contributed by atoms with van der Waals surface area (Å²) in [6.07, 6.45) is 2.63. The highest BCUT2D eigenvalue weighted by molar-refractivity contribution is 5.83. The molecule has 108 valence electrons. The number of rotatable bonds is 3. The van der Waals surface area contributed by atoms with Crippen molar-refractivity contribution in [2.75, 3.05) is 13.1 Å². The molecule has 2 aliphatic rings. The van der Waals surface area contributed by atoms with Crippen LogP contribution in [0.5, 0.6) is 0 Å². The molecular weight excluding hydrogens is 262 g/mol. The van der Waals surface area contributed by atoms with Gasteiger partial charge in [0.1, 0.15) is 11.6 Å². The highest BCUT2D eigenvalue weighted by Gasteiger charge is 2.45. The van der Waals surface area contributed by atoms with E-state index in [1.54, 1.807) is 0 Å². The van der Waals surface area contributed by atoms with Crippen molar-refractivity contribution in [3.05, 3.63) is 35.4 Å². The lowest BCUT2D eigenvalue weighted by Crippen LogP contribution is -2.46. The van der Waals surface area contributed by atoms with Crippen LogP contribution < -0.4 is 10.6 Å². The molecule has 20 heavy (non-hydrogen) atoms. The molecule has 1 aliphatic carbocycles. The van der Waals surface area contributed by atoms with Crippen LogP contribution in [0.2, 0.25) is 0 Å². The minimum Gasteiger partial charge on any atom is -0.352 e. The van der Waals surface area contributed by atoms with Gasteiger partial charge in [0, 0.05) is 18.5 Å². The van der Waals surface area contributed by atoms with Crippen molar-refractivity contribution in [1.82, 2.24) is 10.6 Å². The molecule has 1 aromatic rings. The summed E-state index contributed by atoms with van der Waals surface area (Å²) in [7, 11) is 0. The van der Waals surface area contributed by atoms with Gasteiger partial charge in [0.25, 0.3) is 0 Å². The van der Waals surface area contributed by atoms with Gasteiger partial charge in [0.2, 0.25) is 5.91 Å². The SMILES string of the molecule is O=C(NC1CCCNC1)C1CC1c1cc(F)ccc1F. The van der Waals surface area contributed by atoms with Gasteiger partial charge in [-0.3, -0.25) is 4.79 Å². The molecular formula is C15H18F2N2O. The van der Waals surface area contributed by atoms with Crippen LogP contribution in [-0.2, 0) is 4.79 Å². The van der Waals surface area contributed by atoms with E-state index in [0.717, 1.165) is 38.1 Å². The van der Waals surface area contributed by atoms with Gasteiger partial charge in [-0.2, -0.15) is 0 Å². The number of hydrogen-bond donors (Lipinski definition) is 2. The fraction of sp³-hybridized carbons (Fsp3) is 0.533. The summed E-state index contributed by atoms with van der Waals surface area (Å²) in [4.78, 5) is 12.1. The van der Waals surface area contributed by atoms with Crippen molar-refractivity contribution >= 4 is 5.91 Å². The second-order valence-corrected chi connectivity index (χ2v) is 5.67. The van der Waals surface area contributed by atoms with Crippen LogP contribution in [0.25, 0.3) is 0 Å². The highest BCUT2D eigenvalue weighted by atomic mass is 19.1. The first kappa shape index (κ1) is 13.5. The molecule has 3 nitrogen and oxygen atoms in total. The number of amides is 1. The van der Waals surface area contributed by atoms with Crippen LogP contribution in [0, 0.1) is 17.6 Å². The van der Waals surface area contributed by atoms with Crippen LogP contribution in [0.3, 0.4) is 0 Å². The maximum atomic E-state index is 13.6. The van der Waals surface area contributed by atoms with Gasteiger partial charge >= 0.3 is 0 Å². The first-order chi connectivity index (χ1) is 9.65. The minimum absolute atomic E-state index is 0.0349. The number of carbonyl (C=O) groups excluding carboxylic acids is 1. The Hall–Kier alpha value is -1.49. The smallest absolute Gasteiger partial charge is 0.224 e. The van der Waals surface area contributed by atoms with Gasteiger partial charge < -0.3 is 10.6 Å².